The number of ether oxygens (including phenoxy) is 1. The predicted molar refractivity (Wildman–Crippen MR) is 38.5 cm³/mol. The van der Waals surface area contributed by atoms with Crippen molar-refractivity contribution < 1.29 is 9.66 Å². The molecule has 0 aliphatic heterocycles. The summed E-state index contributed by atoms with van der Waals surface area (Å²) in [6.45, 7) is 0. The maximum atomic E-state index is 10.3. The summed E-state index contributed by atoms with van der Waals surface area (Å²) >= 11 is 0. The molecular weight excluding hydrogens is 146 g/mol. The number of nitrogens with zero attached hydrogens (tertiary/aromatic N) is 1. The zero-order valence-corrected chi connectivity index (χ0v) is 5.90. The van der Waals surface area contributed by atoms with Gasteiger partial charge in [-0.15, -0.1) is 0 Å². The van der Waals surface area contributed by atoms with Gasteiger partial charge in [-0.1, -0.05) is 0 Å². The Morgan fingerprint density at radius 1 is 1.73 bits per heavy atom. The van der Waals surface area contributed by atoms with Crippen LogP contribution in [0, 0.1) is 16.2 Å². The Kier molecular flexibility index (Phi) is 2.06. The third kappa shape index (κ3) is 1.46. The summed E-state index contributed by atoms with van der Waals surface area (Å²) in [7, 11) is 1.39. The van der Waals surface area contributed by atoms with E-state index in [1.807, 2.05) is 0 Å². The SMILES string of the molecule is COc1c[c]ccc1[N+](=O)[O-]. The predicted octanol–water partition coefficient (Wildman–Crippen LogP) is 1.40. The minimum atomic E-state index is -0.493. The molecule has 1 radical (unpaired) electrons. The van der Waals surface area contributed by atoms with Crippen LogP contribution in [0.5, 0.6) is 5.75 Å². The number of rotatable bonds is 2. The summed E-state index contributed by atoms with van der Waals surface area (Å²) in [4.78, 5) is 9.80. The average molecular weight is 152 g/mol. The van der Waals surface area contributed by atoms with Gasteiger partial charge in [-0.2, -0.15) is 0 Å². The van der Waals surface area contributed by atoms with Gasteiger partial charge in [0.1, 0.15) is 0 Å². The molecule has 1 aromatic rings. The molecule has 0 amide bonds. The molecule has 1 aromatic carbocycles. The lowest BCUT2D eigenvalue weighted by Gasteiger charge is -1.98. The molecule has 0 heterocycles. The van der Waals surface area contributed by atoms with Gasteiger partial charge >= 0.3 is 5.69 Å². The Hall–Kier alpha value is -1.58. The highest BCUT2D eigenvalue weighted by Crippen LogP contribution is 2.24. The van der Waals surface area contributed by atoms with E-state index in [0.717, 1.165) is 0 Å². The molecular formula is C7H6NO3. The third-order valence-corrected chi connectivity index (χ3v) is 1.22. The first-order chi connectivity index (χ1) is 5.25. The molecule has 0 unspecified atom stereocenters. The van der Waals surface area contributed by atoms with Crippen LogP contribution in [0.2, 0.25) is 0 Å². The van der Waals surface area contributed by atoms with Crippen LogP contribution in [-0.2, 0) is 0 Å². The molecule has 0 saturated carbocycles. The average Bonchev–Trinajstić information content (AvgIpc) is 2.04. The fourth-order valence-electron chi connectivity index (χ4n) is 0.721. The van der Waals surface area contributed by atoms with E-state index in [2.05, 4.69) is 6.07 Å². The second kappa shape index (κ2) is 3.01. The number of hydrogen-bond acceptors (Lipinski definition) is 3. The number of benzene rings is 1. The van der Waals surface area contributed by atoms with Crippen molar-refractivity contribution in [3.63, 3.8) is 0 Å². The van der Waals surface area contributed by atoms with Crippen LogP contribution in [0.15, 0.2) is 18.2 Å². The first-order valence-electron chi connectivity index (χ1n) is 2.94. The van der Waals surface area contributed by atoms with Crippen molar-refractivity contribution >= 4 is 5.69 Å². The van der Waals surface area contributed by atoms with E-state index in [1.165, 1.54) is 25.3 Å². The van der Waals surface area contributed by atoms with Crippen LogP contribution in [0.25, 0.3) is 0 Å². The maximum Gasteiger partial charge on any atom is 0.310 e. The normalized spacial score (nSPS) is 9.18. The van der Waals surface area contributed by atoms with Gasteiger partial charge in [0.05, 0.1) is 12.0 Å². The van der Waals surface area contributed by atoms with Gasteiger partial charge in [0.25, 0.3) is 0 Å². The first-order valence-corrected chi connectivity index (χ1v) is 2.94. The lowest BCUT2D eigenvalue weighted by atomic mass is 10.3. The summed E-state index contributed by atoms with van der Waals surface area (Å²) in [6, 6.07) is 6.93. The Morgan fingerprint density at radius 2 is 2.45 bits per heavy atom. The largest absolute Gasteiger partial charge is 0.490 e. The van der Waals surface area contributed by atoms with E-state index in [-0.39, 0.29) is 11.4 Å². The van der Waals surface area contributed by atoms with E-state index >= 15 is 0 Å². The Bertz CT molecular complexity index is 272. The van der Waals surface area contributed by atoms with Gasteiger partial charge in [0.15, 0.2) is 5.75 Å². The second-order valence-electron chi connectivity index (χ2n) is 1.86. The summed E-state index contributed by atoms with van der Waals surface area (Å²) in [5.74, 6) is 0.234. The molecule has 0 aliphatic carbocycles. The lowest BCUT2D eigenvalue weighted by molar-refractivity contribution is -0.385. The smallest absolute Gasteiger partial charge is 0.310 e. The number of methoxy groups -OCH3 is 1. The van der Waals surface area contributed by atoms with Crippen molar-refractivity contribution in [1.29, 1.82) is 0 Å². The molecule has 57 valence electrons. The highest BCUT2D eigenvalue weighted by Gasteiger charge is 2.11. The molecule has 0 atom stereocenters. The van der Waals surface area contributed by atoms with Gasteiger partial charge in [-0.25, -0.2) is 0 Å². The van der Waals surface area contributed by atoms with Gasteiger partial charge in [-0.3, -0.25) is 10.1 Å². The van der Waals surface area contributed by atoms with E-state index < -0.39 is 4.92 Å². The van der Waals surface area contributed by atoms with Gasteiger partial charge < -0.3 is 4.74 Å². The van der Waals surface area contributed by atoms with Crippen LogP contribution >= 0.6 is 0 Å². The fraction of sp³-hybridized carbons (Fsp3) is 0.143. The van der Waals surface area contributed by atoms with E-state index in [9.17, 15) is 10.1 Å². The van der Waals surface area contributed by atoms with E-state index in [1.54, 1.807) is 0 Å². The molecule has 0 aliphatic rings. The summed E-state index contributed by atoms with van der Waals surface area (Å²) in [5, 5.41) is 10.3. The molecule has 0 spiro atoms. The van der Waals surface area contributed by atoms with Crippen molar-refractivity contribution in [3.05, 3.63) is 34.4 Å². The summed E-state index contributed by atoms with van der Waals surface area (Å²) < 4.78 is 4.73. The Morgan fingerprint density at radius 3 is 2.91 bits per heavy atom. The molecule has 0 fully saturated rings. The minimum absolute atomic E-state index is 0.0359. The molecule has 4 nitrogen and oxygen atoms in total. The van der Waals surface area contributed by atoms with Crippen molar-refractivity contribution in [2.24, 2.45) is 0 Å². The quantitative estimate of drug-likeness (QED) is 0.475. The maximum absolute atomic E-state index is 10.3. The zero-order chi connectivity index (χ0) is 8.27. The molecule has 11 heavy (non-hydrogen) atoms. The van der Waals surface area contributed by atoms with Crippen molar-refractivity contribution in [2.45, 2.75) is 0 Å². The topological polar surface area (TPSA) is 52.4 Å². The summed E-state index contributed by atoms with van der Waals surface area (Å²) in [6.07, 6.45) is 0. The second-order valence-corrected chi connectivity index (χ2v) is 1.86. The molecule has 0 aromatic heterocycles. The van der Waals surface area contributed by atoms with Crippen molar-refractivity contribution in [3.8, 4) is 5.75 Å². The molecule has 0 N–H and O–H groups in total. The van der Waals surface area contributed by atoms with Crippen LogP contribution < -0.4 is 4.74 Å². The van der Waals surface area contributed by atoms with Crippen LogP contribution in [-0.4, -0.2) is 12.0 Å². The Labute approximate surface area is 63.6 Å². The van der Waals surface area contributed by atoms with Crippen LogP contribution in [0.4, 0.5) is 5.69 Å². The highest BCUT2D eigenvalue weighted by molar-refractivity contribution is 5.45. The first kappa shape index (κ1) is 7.53. The van der Waals surface area contributed by atoms with E-state index in [0.29, 0.717) is 0 Å². The van der Waals surface area contributed by atoms with Crippen molar-refractivity contribution in [1.82, 2.24) is 0 Å². The zero-order valence-electron chi connectivity index (χ0n) is 5.90. The third-order valence-electron chi connectivity index (χ3n) is 1.22. The highest BCUT2D eigenvalue weighted by atomic mass is 16.6. The number of nitro benzene ring substituents is 1. The number of nitro groups is 1. The van der Waals surface area contributed by atoms with Gasteiger partial charge in [0, 0.05) is 6.07 Å². The van der Waals surface area contributed by atoms with Gasteiger partial charge in [0.2, 0.25) is 0 Å². The molecule has 1 rings (SSSR count). The molecule has 0 bridgehead atoms. The van der Waals surface area contributed by atoms with Gasteiger partial charge in [-0.05, 0) is 18.2 Å². The van der Waals surface area contributed by atoms with Crippen molar-refractivity contribution in [2.75, 3.05) is 7.11 Å². The molecule has 4 heteroatoms. The standard InChI is InChI=1S/C7H6NO3/c1-11-7-5-3-2-4-6(7)8(9)10/h2,4-5H,1H3. The fourth-order valence-corrected chi connectivity index (χ4v) is 0.721. The van der Waals surface area contributed by atoms with Crippen LogP contribution in [0.1, 0.15) is 0 Å². The lowest BCUT2D eigenvalue weighted by Crippen LogP contribution is -1.92. The Balaban J connectivity index is 3.12. The number of hydrogen-bond donors (Lipinski definition) is 0. The monoisotopic (exact) mass is 152 g/mol. The van der Waals surface area contributed by atoms with Crippen LogP contribution in [0.3, 0.4) is 0 Å². The van der Waals surface area contributed by atoms with E-state index in [4.69, 9.17) is 4.74 Å². The minimum Gasteiger partial charge on any atom is -0.490 e. The molecule has 0 saturated heterocycles. The summed E-state index contributed by atoms with van der Waals surface area (Å²) in [5.41, 5.74) is -0.0359.